The molecule has 0 bridgehead atoms. The highest BCUT2D eigenvalue weighted by atomic mass is 79.9. The zero-order valence-corrected chi connectivity index (χ0v) is 12.6. The van der Waals surface area contributed by atoms with E-state index in [2.05, 4.69) is 20.8 Å². The van der Waals surface area contributed by atoms with Crippen LogP contribution in [0.3, 0.4) is 0 Å². The standard InChI is InChI=1S/C15H20BrFN2/c16-14-6-3-11(17)7-13(14)15(8-18)19(12-4-5-12)9-10-1-2-10/h3,6-7,10,12,15H,1-2,4-5,8-9,18H2. The van der Waals surface area contributed by atoms with Gasteiger partial charge in [0.15, 0.2) is 0 Å². The third kappa shape index (κ3) is 3.18. The molecular weight excluding hydrogens is 307 g/mol. The average molecular weight is 327 g/mol. The third-order valence-corrected chi connectivity index (χ3v) is 4.84. The van der Waals surface area contributed by atoms with E-state index in [1.807, 2.05) is 0 Å². The molecule has 2 fully saturated rings. The molecule has 0 amide bonds. The summed E-state index contributed by atoms with van der Waals surface area (Å²) < 4.78 is 14.5. The Morgan fingerprint density at radius 3 is 2.63 bits per heavy atom. The van der Waals surface area contributed by atoms with E-state index < -0.39 is 0 Å². The molecule has 1 unspecified atom stereocenters. The Morgan fingerprint density at radius 1 is 1.32 bits per heavy atom. The Balaban J connectivity index is 1.85. The van der Waals surface area contributed by atoms with Crippen molar-refractivity contribution in [2.45, 2.75) is 37.8 Å². The van der Waals surface area contributed by atoms with Crippen LogP contribution in [0.5, 0.6) is 0 Å². The van der Waals surface area contributed by atoms with Gasteiger partial charge in [-0.2, -0.15) is 0 Å². The smallest absolute Gasteiger partial charge is 0.123 e. The predicted molar refractivity (Wildman–Crippen MR) is 78.3 cm³/mol. The minimum Gasteiger partial charge on any atom is -0.329 e. The van der Waals surface area contributed by atoms with Crippen LogP contribution in [0, 0.1) is 11.7 Å². The predicted octanol–water partition coefficient (Wildman–Crippen LogP) is 3.46. The summed E-state index contributed by atoms with van der Waals surface area (Å²) in [4.78, 5) is 2.51. The molecule has 2 nitrogen and oxygen atoms in total. The van der Waals surface area contributed by atoms with E-state index >= 15 is 0 Å². The summed E-state index contributed by atoms with van der Waals surface area (Å²) in [6.45, 7) is 1.67. The number of benzene rings is 1. The maximum absolute atomic E-state index is 13.5. The maximum atomic E-state index is 13.5. The van der Waals surface area contributed by atoms with E-state index in [1.165, 1.54) is 31.7 Å². The largest absolute Gasteiger partial charge is 0.329 e. The van der Waals surface area contributed by atoms with Gasteiger partial charge in [0.25, 0.3) is 0 Å². The number of nitrogens with two attached hydrogens (primary N) is 1. The minimum absolute atomic E-state index is 0.137. The van der Waals surface area contributed by atoms with Crippen LogP contribution in [0.2, 0.25) is 0 Å². The molecule has 1 atom stereocenters. The van der Waals surface area contributed by atoms with Gasteiger partial charge in [0, 0.05) is 29.6 Å². The molecule has 0 radical (unpaired) electrons. The van der Waals surface area contributed by atoms with Gasteiger partial charge in [0.2, 0.25) is 0 Å². The van der Waals surface area contributed by atoms with Crippen LogP contribution in [-0.2, 0) is 0 Å². The molecule has 0 aliphatic heterocycles. The van der Waals surface area contributed by atoms with Crippen molar-refractivity contribution >= 4 is 15.9 Å². The second-order valence-corrected chi connectivity index (χ2v) is 6.64. The van der Waals surface area contributed by atoms with Gasteiger partial charge < -0.3 is 5.73 Å². The fourth-order valence-electron chi connectivity index (χ4n) is 2.75. The van der Waals surface area contributed by atoms with Gasteiger partial charge in [-0.3, -0.25) is 4.90 Å². The molecule has 4 heteroatoms. The highest BCUT2D eigenvalue weighted by Gasteiger charge is 2.38. The average Bonchev–Trinajstić information content (AvgIpc) is 3.26. The second kappa shape index (κ2) is 5.51. The van der Waals surface area contributed by atoms with E-state index in [9.17, 15) is 4.39 Å². The van der Waals surface area contributed by atoms with Crippen LogP contribution in [0.25, 0.3) is 0 Å². The van der Waals surface area contributed by atoms with E-state index in [-0.39, 0.29) is 11.9 Å². The monoisotopic (exact) mass is 326 g/mol. The van der Waals surface area contributed by atoms with Crippen molar-refractivity contribution in [3.63, 3.8) is 0 Å². The number of halogens is 2. The van der Waals surface area contributed by atoms with E-state index in [0.29, 0.717) is 12.6 Å². The van der Waals surface area contributed by atoms with Gasteiger partial charge in [-0.05, 0) is 55.4 Å². The lowest BCUT2D eigenvalue weighted by Crippen LogP contribution is -2.37. The molecule has 2 aliphatic carbocycles. The molecule has 104 valence electrons. The van der Waals surface area contributed by atoms with Crippen LogP contribution in [0.4, 0.5) is 4.39 Å². The van der Waals surface area contributed by atoms with Crippen molar-refractivity contribution in [3.05, 3.63) is 34.1 Å². The van der Waals surface area contributed by atoms with Crippen molar-refractivity contribution in [3.8, 4) is 0 Å². The zero-order chi connectivity index (χ0) is 13.4. The fourth-order valence-corrected chi connectivity index (χ4v) is 3.26. The lowest BCUT2D eigenvalue weighted by molar-refractivity contribution is 0.182. The quantitative estimate of drug-likeness (QED) is 0.867. The minimum atomic E-state index is -0.182. The Morgan fingerprint density at radius 2 is 2.05 bits per heavy atom. The van der Waals surface area contributed by atoms with Crippen molar-refractivity contribution in [1.82, 2.24) is 4.90 Å². The zero-order valence-electron chi connectivity index (χ0n) is 11.0. The molecule has 2 aliphatic rings. The topological polar surface area (TPSA) is 29.3 Å². The summed E-state index contributed by atoms with van der Waals surface area (Å²) in [5.74, 6) is 0.654. The van der Waals surface area contributed by atoms with Crippen LogP contribution < -0.4 is 5.73 Å². The first kappa shape index (κ1) is 13.5. The first-order valence-corrected chi connectivity index (χ1v) is 7.89. The number of hydrogen-bond donors (Lipinski definition) is 1. The molecule has 2 N–H and O–H groups in total. The molecule has 0 spiro atoms. The number of nitrogens with zero attached hydrogens (tertiary/aromatic N) is 1. The van der Waals surface area contributed by atoms with Crippen LogP contribution in [-0.4, -0.2) is 24.0 Å². The van der Waals surface area contributed by atoms with Crippen molar-refractivity contribution < 1.29 is 4.39 Å². The van der Waals surface area contributed by atoms with Crippen LogP contribution in [0.15, 0.2) is 22.7 Å². The molecule has 0 aromatic heterocycles. The van der Waals surface area contributed by atoms with Crippen molar-refractivity contribution in [2.75, 3.05) is 13.1 Å². The van der Waals surface area contributed by atoms with E-state index in [0.717, 1.165) is 22.5 Å². The lowest BCUT2D eigenvalue weighted by atomic mass is 10.0. The Bertz CT molecular complexity index is 457. The van der Waals surface area contributed by atoms with Crippen LogP contribution >= 0.6 is 15.9 Å². The fraction of sp³-hybridized carbons (Fsp3) is 0.600. The first-order chi connectivity index (χ1) is 9.19. The molecule has 2 saturated carbocycles. The molecule has 3 rings (SSSR count). The van der Waals surface area contributed by atoms with Gasteiger partial charge in [-0.25, -0.2) is 4.39 Å². The van der Waals surface area contributed by atoms with Gasteiger partial charge in [0.05, 0.1) is 0 Å². The van der Waals surface area contributed by atoms with E-state index in [1.54, 1.807) is 12.1 Å². The summed E-state index contributed by atoms with van der Waals surface area (Å²) in [6.07, 6.45) is 5.20. The van der Waals surface area contributed by atoms with Crippen LogP contribution in [0.1, 0.15) is 37.3 Å². The third-order valence-electron chi connectivity index (χ3n) is 4.12. The molecule has 1 aromatic carbocycles. The summed E-state index contributed by atoms with van der Waals surface area (Å²) in [5.41, 5.74) is 7.00. The molecule has 0 heterocycles. The van der Waals surface area contributed by atoms with Gasteiger partial charge in [-0.1, -0.05) is 15.9 Å². The Kier molecular flexibility index (Phi) is 3.92. The summed E-state index contributed by atoms with van der Waals surface area (Å²) >= 11 is 3.54. The SMILES string of the molecule is NCC(c1cc(F)ccc1Br)N(CC1CC1)C1CC1. The first-order valence-electron chi connectivity index (χ1n) is 7.10. The summed E-state index contributed by atoms with van der Waals surface area (Å²) in [5, 5.41) is 0. The van der Waals surface area contributed by atoms with Crippen molar-refractivity contribution in [2.24, 2.45) is 11.7 Å². The van der Waals surface area contributed by atoms with Crippen molar-refractivity contribution in [1.29, 1.82) is 0 Å². The molecule has 19 heavy (non-hydrogen) atoms. The van der Waals surface area contributed by atoms with E-state index in [4.69, 9.17) is 5.73 Å². The highest BCUT2D eigenvalue weighted by Crippen LogP contribution is 2.40. The summed E-state index contributed by atoms with van der Waals surface area (Å²) in [6, 6.07) is 5.70. The number of rotatable bonds is 6. The number of hydrogen-bond acceptors (Lipinski definition) is 2. The van der Waals surface area contributed by atoms with Gasteiger partial charge in [-0.15, -0.1) is 0 Å². The molecular formula is C15H20BrFN2. The molecule has 0 saturated heterocycles. The van der Waals surface area contributed by atoms with Gasteiger partial charge >= 0.3 is 0 Å². The second-order valence-electron chi connectivity index (χ2n) is 5.79. The normalized spacial score (nSPS) is 20.8. The van der Waals surface area contributed by atoms with Gasteiger partial charge in [0.1, 0.15) is 5.82 Å². The Labute approximate surface area is 122 Å². The highest BCUT2D eigenvalue weighted by molar-refractivity contribution is 9.10. The maximum Gasteiger partial charge on any atom is 0.123 e. The Hall–Kier alpha value is -0.450. The molecule has 1 aromatic rings. The summed E-state index contributed by atoms with van der Waals surface area (Å²) in [7, 11) is 0. The lowest BCUT2D eigenvalue weighted by Gasteiger charge is -2.32.